The van der Waals surface area contributed by atoms with E-state index in [0.717, 1.165) is 11.6 Å². The summed E-state index contributed by atoms with van der Waals surface area (Å²) in [6.45, 7) is 1.80. The van der Waals surface area contributed by atoms with Crippen LogP contribution in [0.1, 0.15) is 24.1 Å². The van der Waals surface area contributed by atoms with E-state index in [4.69, 9.17) is 11.6 Å². The number of hydrogen-bond acceptors (Lipinski definition) is 2. The zero-order chi connectivity index (χ0) is 16.8. The van der Waals surface area contributed by atoms with Gasteiger partial charge in [0, 0.05) is 5.56 Å². The van der Waals surface area contributed by atoms with Crippen LogP contribution in [-0.2, 0) is 4.79 Å². The fourth-order valence-electron chi connectivity index (χ4n) is 2.04. The molecule has 2 rings (SSSR count). The Balaban J connectivity index is 2.23. The van der Waals surface area contributed by atoms with E-state index in [-0.39, 0.29) is 22.2 Å². The lowest BCUT2D eigenvalue weighted by molar-refractivity contribution is -0.117. The average molecular weight is 329 g/mol. The summed E-state index contributed by atoms with van der Waals surface area (Å²) in [6, 6.07) is 15.0. The third kappa shape index (κ3) is 4.18. The van der Waals surface area contributed by atoms with Gasteiger partial charge in [0.05, 0.1) is 11.1 Å². The van der Waals surface area contributed by atoms with Gasteiger partial charge < -0.3 is 5.32 Å². The third-order valence-electron chi connectivity index (χ3n) is 3.30. The Morgan fingerprint density at radius 2 is 1.96 bits per heavy atom. The molecule has 0 saturated carbocycles. The normalized spacial score (nSPS) is 12.3. The summed E-state index contributed by atoms with van der Waals surface area (Å²) in [5.41, 5.74) is 0.718. The Morgan fingerprint density at radius 3 is 2.57 bits per heavy atom. The standard InChI is InChI=1S/C18H14ClFN2O/c1-12(13-6-3-2-4-7-13)22-18(23)14(11-21)10-15-16(19)8-5-9-17(15)20/h2-10,12H,1H3,(H,22,23). The maximum Gasteiger partial charge on any atom is 0.262 e. The molecule has 0 heterocycles. The van der Waals surface area contributed by atoms with Gasteiger partial charge in [0.25, 0.3) is 5.91 Å². The Morgan fingerprint density at radius 1 is 1.26 bits per heavy atom. The Kier molecular flexibility index (Phi) is 5.51. The summed E-state index contributed by atoms with van der Waals surface area (Å²) in [6.07, 6.45) is 1.16. The first kappa shape index (κ1) is 16.7. The number of halogens is 2. The molecule has 3 nitrogen and oxygen atoms in total. The Bertz CT molecular complexity index is 761. The highest BCUT2D eigenvalue weighted by Gasteiger charge is 2.15. The lowest BCUT2D eigenvalue weighted by Crippen LogP contribution is -2.27. The summed E-state index contributed by atoms with van der Waals surface area (Å²) in [5.74, 6) is -1.17. The molecule has 0 aliphatic rings. The van der Waals surface area contributed by atoms with Gasteiger partial charge >= 0.3 is 0 Å². The fraction of sp³-hybridized carbons (Fsp3) is 0.111. The van der Waals surface area contributed by atoms with Gasteiger partial charge in [0.2, 0.25) is 0 Å². The number of benzene rings is 2. The highest BCUT2D eigenvalue weighted by atomic mass is 35.5. The van der Waals surface area contributed by atoms with Crippen molar-refractivity contribution in [2.75, 3.05) is 0 Å². The number of carbonyl (C=O) groups excluding carboxylic acids is 1. The second kappa shape index (κ2) is 7.57. The largest absolute Gasteiger partial charge is 0.345 e. The maximum absolute atomic E-state index is 13.8. The number of amides is 1. The molecule has 1 unspecified atom stereocenters. The molecule has 116 valence electrons. The monoisotopic (exact) mass is 328 g/mol. The lowest BCUT2D eigenvalue weighted by atomic mass is 10.1. The number of rotatable bonds is 4. The Labute approximate surface area is 139 Å². The van der Waals surface area contributed by atoms with Crippen molar-refractivity contribution in [3.63, 3.8) is 0 Å². The number of nitrogens with zero attached hydrogens (tertiary/aromatic N) is 1. The van der Waals surface area contributed by atoms with E-state index in [1.54, 1.807) is 13.0 Å². The summed E-state index contributed by atoms with van der Waals surface area (Å²) in [5, 5.41) is 12.0. The minimum absolute atomic E-state index is 0.0215. The van der Waals surface area contributed by atoms with Gasteiger partial charge in [-0.15, -0.1) is 0 Å². The van der Waals surface area contributed by atoms with Crippen molar-refractivity contribution in [3.05, 3.63) is 76.1 Å². The van der Waals surface area contributed by atoms with Gasteiger partial charge in [0.15, 0.2) is 0 Å². The van der Waals surface area contributed by atoms with E-state index in [9.17, 15) is 14.4 Å². The molecule has 1 N–H and O–H groups in total. The van der Waals surface area contributed by atoms with Crippen LogP contribution in [-0.4, -0.2) is 5.91 Å². The second-order valence-corrected chi connectivity index (χ2v) is 5.32. The smallest absolute Gasteiger partial charge is 0.262 e. The van der Waals surface area contributed by atoms with Crippen LogP contribution in [0.2, 0.25) is 5.02 Å². The van der Waals surface area contributed by atoms with Crippen molar-refractivity contribution in [1.29, 1.82) is 5.26 Å². The topological polar surface area (TPSA) is 52.9 Å². The van der Waals surface area contributed by atoms with Crippen molar-refractivity contribution in [3.8, 4) is 6.07 Å². The molecule has 2 aromatic carbocycles. The molecule has 1 amide bonds. The number of hydrogen-bond donors (Lipinski definition) is 1. The molecule has 0 saturated heterocycles. The lowest BCUT2D eigenvalue weighted by Gasteiger charge is -2.13. The molecule has 2 aromatic rings. The summed E-state index contributed by atoms with van der Waals surface area (Å²) in [7, 11) is 0. The van der Waals surface area contributed by atoms with E-state index in [1.807, 2.05) is 30.3 Å². The summed E-state index contributed by atoms with van der Waals surface area (Å²) >= 11 is 5.91. The van der Waals surface area contributed by atoms with Gasteiger partial charge in [-0.25, -0.2) is 4.39 Å². The Hall–Kier alpha value is -2.64. The van der Waals surface area contributed by atoms with Gasteiger partial charge in [-0.1, -0.05) is 48.0 Å². The number of nitriles is 1. The van der Waals surface area contributed by atoms with Crippen LogP contribution in [0.4, 0.5) is 4.39 Å². The molecule has 0 aromatic heterocycles. The van der Waals surface area contributed by atoms with Crippen molar-refractivity contribution >= 4 is 23.6 Å². The van der Waals surface area contributed by atoms with Crippen molar-refractivity contribution in [2.45, 2.75) is 13.0 Å². The quantitative estimate of drug-likeness (QED) is 0.673. The van der Waals surface area contributed by atoms with Crippen LogP contribution in [0.5, 0.6) is 0 Å². The molecule has 0 fully saturated rings. The average Bonchev–Trinajstić information content (AvgIpc) is 2.55. The molecular formula is C18H14ClFN2O. The first-order valence-electron chi connectivity index (χ1n) is 6.94. The second-order valence-electron chi connectivity index (χ2n) is 4.91. The summed E-state index contributed by atoms with van der Waals surface area (Å²) < 4.78 is 13.8. The molecule has 0 aliphatic heterocycles. The predicted octanol–water partition coefficient (Wildman–Crippen LogP) is 4.26. The van der Waals surface area contributed by atoms with Gasteiger partial charge in [-0.2, -0.15) is 5.26 Å². The van der Waals surface area contributed by atoms with Crippen LogP contribution in [0.3, 0.4) is 0 Å². The third-order valence-corrected chi connectivity index (χ3v) is 3.63. The predicted molar refractivity (Wildman–Crippen MR) is 88.0 cm³/mol. The van der Waals surface area contributed by atoms with Crippen LogP contribution in [0.15, 0.2) is 54.1 Å². The van der Waals surface area contributed by atoms with Crippen LogP contribution >= 0.6 is 11.6 Å². The van der Waals surface area contributed by atoms with E-state index in [2.05, 4.69) is 5.32 Å². The molecule has 0 aliphatic carbocycles. The van der Waals surface area contributed by atoms with E-state index in [0.29, 0.717) is 0 Å². The zero-order valence-electron chi connectivity index (χ0n) is 12.4. The SMILES string of the molecule is CC(NC(=O)C(C#N)=Cc1c(F)cccc1Cl)c1ccccc1. The molecule has 0 spiro atoms. The van der Waals surface area contributed by atoms with E-state index < -0.39 is 11.7 Å². The molecule has 23 heavy (non-hydrogen) atoms. The van der Waals surface area contributed by atoms with Gasteiger partial charge in [-0.3, -0.25) is 4.79 Å². The molecule has 0 bridgehead atoms. The van der Waals surface area contributed by atoms with Crippen LogP contribution in [0.25, 0.3) is 6.08 Å². The van der Waals surface area contributed by atoms with Crippen LogP contribution in [0, 0.1) is 17.1 Å². The minimum atomic E-state index is -0.589. The van der Waals surface area contributed by atoms with Crippen molar-refractivity contribution in [1.82, 2.24) is 5.32 Å². The fourth-order valence-corrected chi connectivity index (χ4v) is 2.26. The zero-order valence-corrected chi connectivity index (χ0v) is 13.1. The first-order valence-corrected chi connectivity index (χ1v) is 7.32. The molecular weight excluding hydrogens is 315 g/mol. The highest BCUT2D eigenvalue weighted by Crippen LogP contribution is 2.22. The first-order chi connectivity index (χ1) is 11.0. The van der Waals surface area contributed by atoms with E-state index in [1.165, 1.54) is 18.2 Å². The maximum atomic E-state index is 13.8. The number of nitrogens with one attached hydrogen (secondary N) is 1. The summed E-state index contributed by atoms with van der Waals surface area (Å²) in [4.78, 5) is 12.2. The molecule has 1 atom stereocenters. The van der Waals surface area contributed by atoms with Crippen LogP contribution < -0.4 is 5.32 Å². The molecule has 0 radical (unpaired) electrons. The highest BCUT2D eigenvalue weighted by molar-refractivity contribution is 6.32. The minimum Gasteiger partial charge on any atom is -0.345 e. The van der Waals surface area contributed by atoms with Crippen molar-refractivity contribution in [2.24, 2.45) is 0 Å². The van der Waals surface area contributed by atoms with Gasteiger partial charge in [-0.05, 0) is 30.7 Å². The van der Waals surface area contributed by atoms with Crippen molar-refractivity contribution < 1.29 is 9.18 Å². The molecule has 5 heteroatoms. The number of carbonyl (C=O) groups is 1. The van der Waals surface area contributed by atoms with Gasteiger partial charge in [0.1, 0.15) is 17.5 Å². The van der Waals surface area contributed by atoms with E-state index >= 15 is 0 Å².